The summed E-state index contributed by atoms with van der Waals surface area (Å²) in [5, 5.41) is 16.2. The molecule has 0 aliphatic heterocycles. The summed E-state index contributed by atoms with van der Waals surface area (Å²) in [6, 6.07) is 16.4. The van der Waals surface area contributed by atoms with Gasteiger partial charge in [0.05, 0.1) is 12.2 Å². The van der Waals surface area contributed by atoms with Gasteiger partial charge in [0.1, 0.15) is 12.2 Å². The topological polar surface area (TPSA) is 83.4 Å². The van der Waals surface area contributed by atoms with E-state index >= 15 is 0 Å². The summed E-state index contributed by atoms with van der Waals surface area (Å²) < 4.78 is 5.19. The SMILES string of the molecule is CCCCc1nn(CC2CC2)c(=O)n1Cc1ccc(-c2ccccc2-n2cnnn2)cc1. The minimum atomic E-state index is 0.0103. The number of nitrogens with zero attached hydrogens (tertiary/aromatic N) is 7. The molecule has 8 nitrogen and oxygen atoms in total. The molecule has 2 aromatic carbocycles. The largest absolute Gasteiger partial charge is 0.346 e. The van der Waals surface area contributed by atoms with Crippen molar-refractivity contribution < 1.29 is 0 Å². The third-order valence-corrected chi connectivity index (χ3v) is 5.99. The molecule has 0 N–H and O–H groups in total. The van der Waals surface area contributed by atoms with E-state index in [1.165, 1.54) is 12.8 Å². The van der Waals surface area contributed by atoms with E-state index in [4.69, 9.17) is 0 Å². The van der Waals surface area contributed by atoms with E-state index in [9.17, 15) is 4.79 Å². The van der Waals surface area contributed by atoms with Crippen LogP contribution < -0.4 is 5.69 Å². The van der Waals surface area contributed by atoms with Crippen LogP contribution >= 0.6 is 0 Å². The smallest absolute Gasteiger partial charge is 0.274 e. The molecule has 0 atom stereocenters. The normalized spacial score (nSPS) is 13.5. The lowest BCUT2D eigenvalue weighted by Gasteiger charge is -2.10. The highest BCUT2D eigenvalue weighted by Gasteiger charge is 2.24. The minimum absolute atomic E-state index is 0.0103. The first-order valence-corrected chi connectivity index (χ1v) is 11.3. The Bertz CT molecular complexity index is 1230. The predicted octanol–water partition coefficient (Wildman–Crippen LogP) is 3.49. The van der Waals surface area contributed by atoms with Gasteiger partial charge in [0.25, 0.3) is 0 Å². The third-order valence-electron chi connectivity index (χ3n) is 5.99. The van der Waals surface area contributed by atoms with Crippen molar-refractivity contribution in [3.8, 4) is 16.8 Å². The molecule has 164 valence electrons. The molecule has 2 heterocycles. The van der Waals surface area contributed by atoms with Crippen molar-refractivity contribution in [3.05, 3.63) is 76.7 Å². The van der Waals surface area contributed by atoms with Gasteiger partial charge in [-0.05, 0) is 52.8 Å². The van der Waals surface area contributed by atoms with E-state index in [1.807, 2.05) is 22.8 Å². The van der Waals surface area contributed by atoms with Crippen molar-refractivity contribution >= 4 is 0 Å². The number of rotatable bonds is 9. The molecule has 0 amide bonds. The molecule has 1 saturated carbocycles. The maximum absolute atomic E-state index is 13.0. The maximum atomic E-state index is 13.0. The Morgan fingerprint density at radius 1 is 1.06 bits per heavy atom. The highest BCUT2D eigenvalue weighted by atomic mass is 16.2. The zero-order valence-electron chi connectivity index (χ0n) is 18.3. The van der Waals surface area contributed by atoms with Crippen LogP contribution in [-0.2, 0) is 19.5 Å². The van der Waals surface area contributed by atoms with Crippen molar-refractivity contribution in [2.75, 3.05) is 0 Å². The molecule has 5 rings (SSSR count). The second-order valence-corrected chi connectivity index (χ2v) is 8.48. The molecule has 4 aromatic rings. The van der Waals surface area contributed by atoms with Crippen molar-refractivity contribution in [2.24, 2.45) is 5.92 Å². The summed E-state index contributed by atoms with van der Waals surface area (Å²) in [4.78, 5) is 13.0. The summed E-state index contributed by atoms with van der Waals surface area (Å²) in [7, 11) is 0. The Hall–Kier alpha value is -3.55. The lowest BCUT2D eigenvalue weighted by molar-refractivity contribution is 0.535. The second kappa shape index (κ2) is 8.90. The van der Waals surface area contributed by atoms with Crippen LogP contribution in [0.3, 0.4) is 0 Å². The molecule has 1 aliphatic carbocycles. The van der Waals surface area contributed by atoms with Crippen LogP contribution in [0.15, 0.2) is 59.7 Å². The highest BCUT2D eigenvalue weighted by Crippen LogP contribution is 2.30. The van der Waals surface area contributed by atoms with Crippen LogP contribution in [0, 0.1) is 5.92 Å². The molecule has 8 heteroatoms. The van der Waals surface area contributed by atoms with Crippen LogP contribution in [0.1, 0.15) is 44.0 Å². The summed E-state index contributed by atoms with van der Waals surface area (Å²) in [5.74, 6) is 1.51. The van der Waals surface area contributed by atoms with E-state index in [0.29, 0.717) is 12.5 Å². The zero-order chi connectivity index (χ0) is 21.9. The number of para-hydroxylation sites is 1. The number of tetrazole rings is 1. The molecular weight excluding hydrogens is 402 g/mol. The van der Waals surface area contributed by atoms with E-state index < -0.39 is 0 Å². The van der Waals surface area contributed by atoms with E-state index in [1.54, 1.807) is 15.7 Å². The number of aryl methyl sites for hydroxylation is 1. The summed E-state index contributed by atoms with van der Waals surface area (Å²) >= 11 is 0. The first-order valence-electron chi connectivity index (χ1n) is 11.3. The number of unbranched alkanes of at least 4 members (excludes halogenated alkanes) is 1. The Morgan fingerprint density at radius 3 is 2.59 bits per heavy atom. The van der Waals surface area contributed by atoms with Crippen molar-refractivity contribution in [2.45, 2.75) is 52.1 Å². The molecule has 0 radical (unpaired) electrons. The fraction of sp³-hybridized carbons (Fsp3) is 0.375. The van der Waals surface area contributed by atoms with Crippen LogP contribution in [0.2, 0.25) is 0 Å². The zero-order valence-corrected chi connectivity index (χ0v) is 18.3. The summed E-state index contributed by atoms with van der Waals surface area (Å²) in [5.41, 5.74) is 4.13. The summed E-state index contributed by atoms with van der Waals surface area (Å²) in [6.45, 7) is 3.45. The van der Waals surface area contributed by atoms with E-state index in [2.05, 4.69) is 57.9 Å². The molecule has 1 fully saturated rings. The van der Waals surface area contributed by atoms with Gasteiger partial charge in [-0.2, -0.15) is 9.78 Å². The van der Waals surface area contributed by atoms with Gasteiger partial charge in [-0.1, -0.05) is 55.8 Å². The molecule has 0 saturated heterocycles. The predicted molar refractivity (Wildman–Crippen MR) is 122 cm³/mol. The first-order chi connectivity index (χ1) is 15.7. The quantitative estimate of drug-likeness (QED) is 0.407. The van der Waals surface area contributed by atoms with Crippen molar-refractivity contribution in [1.82, 2.24) is 34.6 Å². The highest BCUT2D eigenvalue weighted by molar-refractivity contribution is 5.72. The average molecular weight is 430 g/mol. The molecule has 0 unspecified atom stereocenters. The number of hydrogen-bond donors (Lipinski definition) is 0. The minimum Gasteiger partial charge on any atom is -0.274 e. The number of aromatic nitrogens is 7. The van der Waals surface area contributed by atoms with Gasteiger partial charge in [-0.25, -0.2) is 9.48 Å². The van der Waals surface area contributed by atoms with Crippen LogP contribution in [0.25, 0.3) is 16.8 Å². The van der Waals surface area contributed by atoms with Crippen molar-refractivity contribution in [1.29, 1.82) is 0 Å². The average Bonchev–Trinajstić information content (AvgIpc) is 3.38. The van der Waals surface area contributed by atoms with E-state index in [0.717, 1.165) is 54.0 Å². The van der Waals surface area contributed by atoms with Gasteiger partial charge >= 0.3 is 5.69 Å². The third kappa shape index (κ3) is 4.26. The van der Waals surface area contributed by atoms with Gasteiger partial charge in [-0.15, -0.1) is 5.10 Å². The molecule has 2 aromatic heterocycles. The van der Waals surface area contributed by atoms with Gasteiger partial charge in [-0.3, -0.25) is 4.57 Å². The Kier molecular flexibility index (Phi) is 5.66. The Balaban J connectivity index is 1.41. The molecule has 0 spiro atoms. The van der Waals surface area contributed by atoms with Crippen molar-refractivity contribution in [3.63, 3.8) is 0 Å². The molecule has 32 heavy (non-hydrogen) atoms. The second-order valence-electron chi connectivity index (χ2n) is 8.48. The van der Waals surface area contributed by atoms with Gasteiger partial charge in [0, 0.05) is 18.5 Å². The molecule has 0 bridgehead atoms. The monoisotopic (exact) mass is 429 g/mol. The summed E-state index contributed by atoms with van der Waals surface area (Å²) in [6.07, 6.45) is 6.96. The lowest BCUT2D eigenvalue weighted by atomic mass is 10.0. The molecular formula is C24H27N7O. The first kappa shape index (κ1) is 20.4. The van der Waals surface area contributed by atoms with Gasteiger partial charge in [0.2, 0.25) is 0 Å². The van der Waals surface area contributed by atoms with Crippen LogP contribution in [-0.4, -0.2) is 34.6 Å². The maximum Gasteiger partial charge on any atom is 0.346 e. The van der Waals surface area contributed by atoms with Crippen LogP contribution in [0.4, 0.5) is 0 Å². The van der Waals surface area contributed by atoms with E-state index in [-0.39, 0.29) is 5.69 Å². The molecule has 1 aliphatic rings. The van der Waals surface area contributed by atoms with Gasteiger partial charge < -0.3 is 0 Å². The standard InChI is InChI=1S/C24H27N7O/c1-2-3-8-23-26-30(16-19-9-10-19)24(32)29(23)15-18-11-13-20(14-12-18)21-6-4-5-7-22(21)31-17-25-27-28-31/h4-7,11-14,17,19H,2-3,8-10,15-16H2,1H3. The Labute approximate surface area is 186 Å². The van der Waals surface area contributed by atoms with Gasteiger partial charge in [0.15, 0.2) is 0 Å². The van der Waals surface area contributed by atoms with Crippen LogP contribution in [0.5, 0.6) is 0 Å². The fourth-order valence-corrected chi connectivity index (χ4v) is 3.99. The number of benzene rings is 2. The fourth-order valence-electron chi connectivity index (χ4n) is 3.99. The Morgan fingerprint density at radius 2 is 1.88 bits per heavy atom. The number of hydrogen-bond acceptors (Lipinski definition) is 5. The lowest BCUT2D eigenvalue weighted by Crippen LogP contribution is -2.26.